The number of hydrogen-bond donors (Lipinski definition) is 0. The summed E-state index contributed by atoms with van der Waals surface area (Å²) >= 11 is 0. The molecule has 3 heteroatoms. The van der Waals surface area contributed by atoms with Crippen molar-refractivity contribution in [3.05, 3.63) is 24.4 Å². The van der Waals surface area contributed by atoms with E-state index in [4.69, 9.17) is 9.78 Å². The molecule has 0 amide bonds. The average Bonchev–Trinajstić information content (AvgIpc) is 2.14. The summed E-state index contributed by atoms with van der Waals surface area (Å²) in [6.07, 6.45) is 3.77. The number of unbranched alkanes of at least 4 members (excludes halogenated alkanes) is 1. The van der Waals surface area contributed by atoms with Crippen LogP contribution >= 0.6 is 0 Å². The van der Waals surface area contributed by atoms with Crippen LogP contribution in [0, 0.1) is 0 Å². The lowest BCUT2D eigenvalue weighted by molar-refractivity contribution is -0.210. The van der Waals surface area contributed by atoms with E-state index in [1.54, 1.807) is 12.3 Å². The Morgan fingerprint density at radius 3 is 3.00 bits per heavy atom. The molecule has 0 spiro atoms. The van der Waals surface area contributed by atoms with E-state index in [0.717, 1.165) is 12.8 Å². The first kappa shape index (κ1) is 9.00. The Labute approximate surface area is 72.3 Å². The van der Waals surface area contributed by atoms with Gasteiger partial charge < -0.3 is 4.89 Å². The van der Waals surface area contributed by atoms with Crippen molar-refractivity contribution in [1.29, 1.82) is 0 Å². The molecule has 0 aliphatic heterocycles. The fraction of sp³-hybridized carbons (Fsp3) is 0.444. The highest BCUT2D eigenvalue weighted by Crippen LogP contribution is 2.03. The molecule has 0 aromatic carbocycles. The van der Waals surface area contributed by atoms with Crippen molar-refractivity contribution in [1.82, 2.24) is 4.98 Å². The highest BCUT2D eigenvalue weighted by Gasteiger charge is 1.92. The molecule has 66 valence electrons. The summed E-state index contributed by atoms with van der Waals surface area (Å²) < 4.78 is 0. The lowest BCUT2D eigenvalue weighted by Gasteiger charge is -2.01. The van der Waals surface area contributed by atoms with E-state index >= 15 is 0 Å². The molecule has 0 fully saturated rings. The third-order valence-corrected chi connectivity index (χ3v) is 1.36. The van der Waals surface area contributed by atoms with E-state index < -0.39 is 0 Å². The summed E-state index contributed by atoms with van der Waals surface area (Å²) in [5.74, 6) is 0.508. The van der Waals surface area contributed by atoms with Crippen LogP contribution < -0.4 is 4.89 Å². The van der Waals surface area contributed by atoms with Gasteiger partial charge in [0.1, 0.15) is 0 Å². The minimum atomic E-state index is 0.508. The zero-order chi connectivity index (χ0) is 8.65. The largest absolute Gasteiger partial charge is 0.317 e. The molecule has 0 radical (unpaired) electrons. The summed E-state index contributed by atoms with van der Waals surface area (Å²) in [7, 11) is 0. The topological polar surface area (TPSA) is 31.4 Å². The van der Waals surface area contributed by atoms with Gasteiger partial charge in [0.25, 0.3) is 5.88 Å². The van der Waals surface area contributed by atoms with Crippen LogP contribution in [-0.2, 0) is 4.89 Å². The maximum Gasteiger partial charge on any atom is 0.256 e. The first-order chi connectivity index (χ1) is 5.93. The molecule has 0 N–H and O–H groups in total. The number of hydrogen-bond acceptors (Lipinski definition) is 3. The van der Waals surface area contributed by atoms with Gasteiger partial charge in [0.15, 0.2) is 0 Å². The maximum atomic E-state index is 4.90. The summed E-state index contributed by atoms with van der Waals surface area (Å²) in [5, 5.41) is 0. The van der Waals surface area contributed by atoms with Crippen molar-refractivity contribution in [3.8, 4) is 5.88 Å². The zero-order valence-corrected chi connectivity index (χ0v) is 7.19. The van der Waals surface area contributed by atoms with Crippen molar-refractivity contribution < 1.29 is 9.78 Å². The minimum Gasteiger partial charge on any atom is -0.317 e. The Kier molecular flexibility index (Phi) is 4.16. The Morgan fingerprint density at radius 2 is 2.33 bits per heavy atom. The van der Waals surface area contributed by atoms with Gasteiger partial charge in [-0.15, -0.1) is 0 Å². The van der Waals surface area contributed by atoms with Crippen LogP contribution in [0.15, 0.2) is 24.4 Å². The van der Waals surface area contributed by atoms with E-state index in [9.17, 15) is 0 Å². The summed E-state index contributed by atoms with van der Waals surface area (Å²) in [6, 6.07) is 5.44. The van der Waals surface area contributed by atoms with Crippen LogP contribution in [-0.4, -0.2) is 11.6 Å². The quantitative estimate of drug-likeness (QED) is 0.382. The molecule has 0 aliphatic carbocycles. The second-order valence-corrected chi connectivity index (χ2v) is 2.43. The standard InChI is InChI=1S/C9H13NO2/c1-2-3-8-11-12-9-6-4-5-7-10-9/h4-7H,2-3,8H2,1H3. The third-order valence-electron chi connectivity index (χ3n) is 1.36. The average molecular weight is 167 g/mol. The molecule has 0 bridgehead atoms. The normalized spacial score (nSPS) is 9.75. The van der Waals surface area contributed by atoms with Gasteiger partial charge in [0, 0.05) is 12.3 Å². The highest BCUT2D eigenvalue weighted by atomic mass is 17.2. The zero-order valence-electron chi connectivity index (χ0n) is 7.19. The van der Waals surface area contributed by atoms with Crippen LogP contribution in [0.3, 0.4) is 0 Å². The van der Waals surface area contributed by atoms with E-state index in [0.29, 0.717) is 12.5 Å². The number of rotatable bonds is 5. The van der Waals surface area contributed by atoms with Gasteiger partial charge in [-0.25, -0.2) is 4.98 Å². The Balaban J connectivity index is 2.16. The molecule has 0 atom stereocenters. The van der Waals surface area contributed by atoms with Gasteiger partial charge in [-0.3, -0.25) is 0 Å². The lowest BCUT2D eigenvalue weighted by Crippen LogP contribution is -1.99. The first-order valence-electron chi connectivity index (χ1n) is 4.14. The maximum absolute atomic E-state index is 4.90. The summed E-state index contributed by atoms with van der Waals surface area (Å²) in [6.45, 7) is 2.72. The van der Waals surface area contributed by atoms with Gasteiger partial charge >= 0.3 is 0 Å². The predicted molar refractivity (Wildman–Crippen MR) is 45.7 cm³/mol. The Morgan fingerprint density at radius 1 is 1.42 bits per heavy atom. The summed E-state index contributed by atoms with van der Waals surface area (Å²) in [5.41, 5.74) is 0. The second-order valence-electron chi connectivity index (χ2n) is 2.43. The molecule has 0 unspecified atom stereocenters. The van der Waals surface area contributed by atoms with Crippen molar-refractivity contribution in [3.63, 3.8) is 0 Å². The molecule has 12 heavy (non-hydrogen) atoms. The van der Waals surface area contributed by atoms with Gasteiger partial charge in [0.2, 0.25) is 0 Å². The van der Waals surface area contributed by atoms with Crippen molar-refractivity contribution in [2.75, 3.05) is 6.61 Å². The molecular weight excluding hydrogens is 154 g/mol. The molecule has 3 nitrogen and oxygen atoms in total. The second kappa shape index (κ2) is 5.55. The number of nitrogens with zero attached hydrogens (tertiary/aromatic N) is 1. The monoisotopic (exact) mass is 167 g/mol. The number of pyridine rings is 1. The SMILES string of the molecule is CCCCOOc1ccccn1. The van der Waals surface area contributed by atoms with Gasteiger partial charge in [-0.1, -0.05) is 19.4 Å². The fourth-order valence-electron chi connectivity index (χ4n) is 0.702. The van der Waals surface area contributed by atoms with Crippen molar-refractivity contribution >= 4 is 0 Å². The summed E-state index contributed by atoms with van der Waals surface area (Å²) in [4.78, 5) is 13.7. The van der Waals surface area contributed by atoms with E-state index in [1.165, 1.54) is 0 Å². The molecule has 1 rings (SSSR count). The van der Waals surface area contributed by atoms with Crippen molar-refractivity contribution in [2.24, 2.45) is 0 Å². The van der Waals surface area contributed by atoms with Crippen molar-refractivity contribution in [2.45, 2.75) is 19.8 Å². The number of aromatic nitrogens is 1. The third kappa shape index (κ3) is 3.34. The first-order valence-corrected chi connectivity index (χ1v) is 4.14. The molecule has 0 saturated heterocycles. The molecule has 1 heterocycles. The highest BCUT2D eigenvalue weighted by molar-refractivity contribution is 5.07. The molecule has 0 aliphatic rings. The Hall–Kier alpha value is -1.09. The fourth-order valence-corrected chi connectivity index (χ4v) is 0.702. The van der Waals surface area contributed by atoms with Gasteiger partial charge in [0.05, 0.1) is 6.61 Å². The molecule has 0 saturated carbocycles. The van der Waals surface area contributed by atoms with Gasteiger partial charge in [-0.2, -0.15) is 4.89 Å². The molecular formula is C9H13NO2. The van der Waals surface area contributed by atoms with Crippen LogP contribution in [0.25, 0.3) is 0 Å². The minimum absolute atomic E-state index is 0.508. The Bertz CT molecular complexity index is 201. The van der Waals surface area contributed by atoms with Crippen LogP contribution in [0.4, 0.5) is 0 Å². The van der Waals surface area contributed by atoms with E-state index in [1.807, 2.05) is 12.1 Å². The lowest BCUT2D eigenvalue weighted by atomic mass is 10.4. The van der Waals surface area contributed by atoms with E-state index in [-0.39, 0.29) is 0 Å². The predicted octanol–water partition coefficient (Wildman–Crippen LogP) is 2.19. The van der Waals surface area contributed by atoms with E-state index in [2.05, 4.69) is 11.9 Å². The van der Waals surface area contributed by atoms with Crippen LogP contribution in [0.5, 0.6) is 5.88 Å². The smallest absolute Gasteiger partial charge is 0.256 e. The molecule has 1 aromatic heterocycles. The van der Waals surface area contributed by atoms with Gasteiger partial charge in [-0.05, 0) is 12.5 Å². The van der Waals surface area contributed by atoms with Crippen LogP contribution in [0.2, 0.25) is 0 Å². The molecule has 1 aromatic rings. The van der Waals surface area contributed by atoms with Crippen LogP contribution in [0.1, 0.15) is 19.8 Å².